The van der Waals surface area contributed by atoms with E-state index in [2.05, 4.69) is 56.4 Å². The summed E-state index contributed by atoms with van der Waals surface area (Å²) in [5.41, 5.74) is 2.53. The van der Waals surface area contributed by atoms with Gasteiger partial charge < -0.3 is 9.73 Å². The Morgan fingerprint density at radius 1 is 0.944 bits per heavy atom. The molecule has 0 aliphatic heterocycles. The molecule has 2 atom stereocenters. The van der Waals surface area contributed by atoms with Gasteiger partial charge in [-0.1, -0.05) is 44.2 Å². The van der Waals surface area contributed by atoms with E-state index in [-0.39, 0.29) is 6.04 Å². The summed E-state index contributed by atoms with van der Waals surface area (Å²) in [7, 11) is 0. The second-order valence-electron chi connectivity index (χ2n) is 5.08. The molecule has 2 unspecified atom stereocenters. The van der Waals surface area contributed by atoms with Gasteiger partial charge in [-0.25, -0.2) is 0 Å². The molecule has 0 aliphatic carbocycles. The molecular formula is C16H21NO. The minimum absolute atomic E-state index is 0.288. The van der Waals surface area contributed by atoms with Crippen LogP contribution in [0.4, 0.5) is 0 Å². The van der Waals surface area contributed by atoms with Gasteiger partial charge in [0.05, 0.1) is 12.5 Å². The van der Waals surface area contributed by atoms with E-state index in [9.17, 15) is 0 Å². The maximum absolute atomic E-state index is 5.14. The molecule has 0 amide bonds. The van der Waals surface area contributed by atoms with Gasteiger partial charge in [0.2, 0.25) is 0 Å². The SMILES string of the molecule is CC(NC(c1ccccc1)C(C)C)c1ccoc1. The Hall–Kier alpha value is -1.54. The molecule has 1 heterocycles. The Bertz CT molecular complexity index is 447. The third-order valence-corrected chi connectivity index (χ3v) is 3.30. The smallest absolute Gasteiger partial charge is 0.0950 e. The monoisotopic (exact) mass is 243 g/mol. The van der Waals surface area contributed by atoms with E-state index in [0.29, 0.717) is 12.0 Å². The molecule has 0 fully saturated rings. The highest BCUT2D eigenvalue weighted by molar-refractivity contribution is 5.20. The quantitative estimate of drug-likeness (QED) is 0.845. The lowest BCUT2D eigenvalue weighted by molar-refractivity contribution is 0.373. The van der Waals surface area contributed by atoms with Crippen molar-refractivity contribution in [2.45, 2.75) is 32.9 Å². The Morgan fingerprint density at radius 3 is 2.22 bits per heavy atom. The molecule has 2 rings (SSSR count). The molecule has 2 heteroatoms. The van der Waals surface area contributed by atoms with Crippen LogP contribution >= 0.6 is 0 Å². The molecule has 0 bridgehead atoms. The zero-order chi connectivity index (χ0) is 13.0. The molecule has 1 aromatic carbocycles. The van der Waals surface area contributed by atoms with Crippen molar-refractivity contribution in [3.63, 3.8) is 0 Å². The molecule has 1 N–H and O–H groups in total. The average molecular weight is 243 g/mol. The van der Waals surface area contributed by atoms with Crippen LogP contribution in [0.25, 0.3) is 0 Å². The number of furan rings is 1. The summed E-state index contributed by atoms with van der Waals surface area (Å²) in [5, 5.41) is 3.68. The fourth-order valence-corrected chi connectivity index (χ4v) is 2.22. The fraction of sp³-hybridized carbons (Fsp3) is 0.375. The van der Waals surface area contributed by atoms with Gasteiger partial charge in [-0.2, -0.15) is 0 Å². The molecule has 2 nitrogen and oxygen atoms in total. The van der Waals surface area contributed by atoms with Crippen LogP contribution < -0.4 is 5.32 Å². The van der Waals surface area contributed by atoms with E-state index in [1.165, 1.54) is 11.1 Å². The van der Waals surface area contributed by atoms with Crippen molar-refractivity contribution in [1.82, 2.24) is 5.32 Å². The number of hydrogen-bond donors (Lipinski definition) is 1. The summed E-state index contributed by atoms with van der Waals surface area (Å²) < 4.78 is 5.14. The average Bonchev–Trinajstić information content (AvgIpc) is 2.90. The molecular weight excluding hydrogens is 222 g/mol. The molecule has 2 aromatic rings. The molecule has 0 aliphatic rings. The van der Waals surface area contributed by atoms with Crippen molar-refractivity contribution < 1.29 is 4.42 Å². The van der Waals surface area contributed by atoms with Crippen molar-refractivity contribution in [2.24, 2.45) is 5.92 Å². The first-order valence-electron chi connectivity index (χ1n) is 6.51. The second kappa shape index (κ2) is 5.87. The first kappa shape index (κ1) is 12.9. The molecule has 0 spiro atoms. The number of benzene rings is 1. The van der Waals surface area contributed by atoms with E-state index in [1.54, 1.807) is 12.5 Å². The van der Waals surface area contributed by atoms with Crippen LogP contribution in [0, 0.1) is 5.92 Å². The largest absolute Gasteiger partial charge is 0.472 e. The van der Waals surface area contributed by atoms with Crippen molar-refractivity contribution in [2.75, 3.05) is 0 Å². The van der Waals surface area contributed by atoms with E-state index >= 15 is 0 Å². The third kappa shape index (κ3) is 3.02. The maximum Gasteiger partial charge on any atom is 0.0950 e. The Morgan fingerprint density at radius 2 is 1.67 bits per heavy atom. The van der Waals surface area contributed by atoms with Gasteiger partial charge >= 0.3 is 0 Å². The first-order valence-corrected chi connectivity index (χ1v) is 6.51. The zero-order valence-electron chi connectivity index (χ0n) is 11.3. The Balaban J connectivity index is 2.12. The molecule has 96 valence electrons. The Kier molecular flexibility index (Phi) is 4.21. The maximum atomic E-state index is 5.14. The minimum Gasteiger partial charge on any atom is -0.472 e. The lowest BCUT2D eigenvalue weighted by Crippen LogP contribution is -2.28. The lowest BCUT2D eigenvalue weighted by atomic mass is 9.95. The first-order chi connectivity index (χ1) is 8.68. The van der Waals surface area contributed by atoms with E-state index < -0.39 is 0 Å². The van der Waals surface area contributed by atoms with Crippen LogP contribution in [0.2, 0.25) is 0 Å². The number of hydrogen-bond acceptors (Lipinski definition) is 2. The van der Waals surface area contributed by atoms with Gasteiger partial charge in [0, 0.05) is 17.6 Å². The van der Waals surface area contributed by atoms with E-state index in [1.807, 2.05) is 6.07 Å². The summed E-state index contributed by atoms with van der Waals surface area (Å²) in [6.07, 6.45) is 3.53. The second-order valence-corrected chi connectivity index (χ2v) is 5.08. The zero-order valence-corrected chi connectivity index (χ0v) is 11.3. The molecule has 18 heavy (non-hydrogen) atoms. The fourth-order valence-electron chi connectivity index (χ4n) is 2.22. The molecule has 0 radical (unpaired) electrons. The van der Waals surface area contributed by atoms with Crippen molar-refractivity contribution in [1.29, 1.82) is 0 Å². The van der Waals surface area contributed by atoms with Gasteiger partial charge in [-0.15, -0.1) is 0 Å². The van der Waals surface area contributed by atoms with Gasteiger partial charge in [-0.05, 0) is 24.5 Å². The van der Waals surface area contributed by atoms with E-state index in [4.69, 9.17) is 4.42 Å². The van der Waals surface area contributed by atoms with Crippen LogP contribution in [0.3, 0.4) is 0 Å². The van der Waals surface area contributed by atoms with E-state index in [0.717, 1.165) is 0 Å². The van der Waals surface area contributed by atoms with Crippen LogP contribution in [-0.4, -0.2) is 0 Å². The van der Waals surface area contributed by atoms with Crippen molar-refractivity contribution in [3.05, 3.63) is 60.1 Å². The van der Waals surface area contributed by atoms with Crippen molar-refractivity contribution >= 4 is 0 Å². The number of nitrogens with one attached hydrogen (secondary N) is 1. The van der Waals surface area contributed by atoms with Gasteiger partial charge in [0.15, 0.2) is 0 Å². The minimum atomic E-state index is 0.288. The predicted molar refractivity (Wildman–Crippen MR) is 74.3 cm³/mol. The summed E-state index contributed by atoms with van der Waals surface area (Å²) in [4.78, 5) is 0. The number of rotatable bonds is 5. The molecule has 1 aromatic heterocycles. The topological polar surface area (TPSA) is 25.2 Å². The molecule has 0 saturated heterocycles. The van der Waals surface area contributed by atoms with Crippen LogP contribution in [0.15, 0.2) is 53.3 Å². The van der Waals surface area contributed by atoms with Crippen LogP contribution in [0.1, 0.15) is 44.0 Å². The standard InChI is InChI=1S/C16H21NO/c1-12(2)16(14-7-5-4-6-8-14)17-13(3)15-9-10-18-11-15/h4-13,16-17H,1-3H3. The van der Waals surface area contributed by atoms with Crippen LogP contribution in [-0.2, 0) is 0 Å². The lowest BCUT2D eigenvalue weighted by Gasteiger charge is -2.26. The highest BCUT2D eigenvalue weighted by Crippen LogP contribution is 2.25. The normalized spacial score (nSPS) is 14.7. The summed E-state index contributed by atoms with van der Waals surface area (Å²) >= 11 is 0. The van der Waals surface area contributed by atoms with Crippen LogP contribution in [0.5, 0.6) is 0 Å². The van der Waals surface area contributed by atoms with Gasteiger partial charge in [0.1, 0.15) is 0 Å². The van der Waals surface area contributed by atoms with Crippen molar-refractivity contribution in [3.8, 4) is 0 Å². The summed E-state index contributed by atoms with van der Waals surface area (Å²) in [6.45, 7) is 6.66. The third-order valence-electron chi connectivity index (χ3n) is 3.30. The summed E-state index contributed by atoms with van der Waals surface area (Å²) in [6, 6.07) is 13.3. The highest BCUT2D eigenvalue weighted by Gasteiger charge is 2.18. The highest BCUT2D eigenvalue weighted by atomic mass is 16.3. The van der Waals surface area contributed by atoms with Gasteiger partial charge in [0.25, 0.3) is 0 Å². The predicted octanol–water partition coefficient (Wildman–Crippen LogP) is 4.33. The molecule has 0 saturated carbocycles. The van der Waals surface area contributed by atoms with Gasteiger partial charge in [-0.3, -0.25) is 0 Å². The Labute approximate surface area is 109 Å². The summed E-state index contributed by atoms with van der Waals surface area (Å²) in [5.74, 6) is 0.543.